The van der Waals surface area contributed by atoms with E-state index in [1.165, 1.54) is 0 Å². The molecule has 0 aliphatic heterocycles. The van der Waals surface area contributed by atoms with Crippen LogP contribution >= 0.6 is 0 Å². The smallest absolute Gasteiger partial charge is 0.325 e. The van der Waals surface area contributed by atoms with Gasteiger partial charge in [0, 0.05) is 30.5 Å². The number of pyridine rings is 2. The van der Waals surface area contributed by atoms with Gasteiger partial charge in [0.05, 0.1) is 0 Å². The number of nitrogens with one attached hydrogen (secondary N) is 1. The van der Waals surface area contributed by atoms with Gasteiger partial charge in [0.2, 0.25) is 0 Å². The molecule has 8 nitrogen and oxygen atoms in total. The quantitative estimate of drug-likeness (QED) is 0.614. The van der Waals surface area contributed by atoms with E-state index >= 15 is 0 Å². The summed E-state index contributed by atoms with van der Waals surface area (Å²) in [6.45, 7) is 1.59. The molecule has 0 aliphatic rings. The summed E-state index contributed by atoms with van der Waals surface area (Å²) in [5.74, 6) is -1.85. The Bertz CT molecular complexity index is 580. The summed E-state index contributed by atoms with van der Waals surface area (Å²) < 4.78 is 0. The minimum absolute atomic E-state index is 0.345. The predicted octanol–water partition coefficient (Wildman–Crippen LogP) is 1.00. The normalized spacial score (nSPS) is 12.2. The molecule has 0 aromatic carbocycles. The Labute approximate surface area is 139 Å². The van der Waals surface area contributed by atoms with Gasteiger partial charge in [-0.3, -0.25) is 19.6 Å². The van der Waals surface area contributed by atoms with Crippen LogP contribution in [0.15, 0.2) is 49.1 Å². The van der Waals surface area contributed by atoms with Crippen LogP contribution in [-0.2, 0) is 16.0 Å². The lowest BCUT2D eigenvalue weighted by Gasteiger charge is -2.09. The fourth-order valence-electron chi connectivity index (χ4n) is 1.62. The number of hydrogen-bond donors (Lipinski definition) is 4. The third-order valence-electron chi connectivity index (χ3n) is 2.96. The molecular formula is C16H20N4O4. The molecule has 0 bridgehead atoms. The number of nitrogens with two attached hydrogens (primary N) is 1. The Morgan fingerprint density at radius 3 is 2.00 bits per heavy atom. The van der Waals surface area contributed by atoms with Crippen molar-refractivity contribution < 1.29 is 19.8 Å². The highest BCUT2D eigenvalue weighted by Gasteiger charge is 2.11. The van der Waals surface area contributed by atoms with Gasteiger partial charge in [-0.05, 0) is 43.2 Å². The highest BCUT2D eigenvalue weighted by molar-refractivity contribution is 5.76. The van der Waals surface area contributed by atoms with E-state index in [2.05, 4.69) is 15.3 Å². The first kappa shape index (κ1) is 19.0. The standard InChI is InChI=1S/2C8H10N2O2/c1-6(8(11)12)10-7-2-4-9-5-3-7;9-7(8(11)12)5-6-1-3-10-4-2-6/h2-6H,1H3,(H,9,10)(H,11,12);1-4,7H,5,9H2,(H,11,12)/t6-;7-/m11/s1. The van der Waals surface area contributed by atoms with Gasteiger partial charge in [0.25, 0.3) is 0 Å². The minimum Gasteiger partial charge on any atom is -0.480 e. The molecule has 0 saturated carbocycles. The molecule has 8 heteroatoms. The predicted molar refractivity (Wildman–Crippen MR) is 88.5 cm³/mol. The molecule has 0 saturated heterocycles. The first-order valence-corrected chi connectivity index (χ1v) is 7.16. The van der Waals surface area contributed by atoms with Gasteiger partial charge < -0.3 is 21.3 Å². The van der Waals surface area contributed by atoms with Crippen LogP contribution in [0, 0.1) is 0 Å². The van der Waals surface area contributed by atoms with Crippen molar-refractivity contribution >= 4 is 17.6 Å². The summed E-state index contributed by atoms with van der Waals surface area (Å²) in [5.41, 5.74) is 6.98. The molecule has 2 aromatic rings. The number of aromatic nitrogens is 2. The number of rotatable bonds is 6. The molecule has 0 aliphatic carbocycles. The summed E-state index contributed by atoms with van der Waals surface area (Å²) in [6.07, 6.45) is 6.79. The number of anilines is 1. The zero-order valence-electron chi connectivity index (χ0n) is 13.2. The maximum absolute atomic E-state index is 10.4. The van der Waals surface area contributed by atoms with Crippen LogP contribution in [-0.4, -0.2) is 44.2 Å². The molecule has 2 rings (SSSR count). The zero-order chi connectivity index (χ0) is 17.9. The Hall–Kier alpha value is -3.00. The van der Waals surface area contributed by atoms with Crippen molar-refractivity contribution in [2.75, 3.05) is 5.32 Å². The van der Waals surface area contributed by atoms with E-state index < -0.39 is 24.0 Å². The van der Waals surface area contributed by atoms with Crippen LogP contribution in [0.25, 0.3) is 0 Å². The highest BCUT2D eigenvalue weighted by Crippen LogP contribution is 2.05. The lowest BCUT2D eigenvalue weighted by Crippen LogP contribution is -2.32. The Morgan fingerprint density at radius 2 is 1.54 bits per heavy atom. The van der Waals surface area contributed by atoms with Gasteiger partial charge in [-0.1, -0.05) is 0 Å². The Morgan fingerprint density at radius 1 is 1.04 bits per heavy atom. The van der Waals surface area contributed by atoms with Crippen molar-refractivity contribution in [2.45, 2.75) is 25.4 Å². The summed E-state index contributed by atoms with van der Waals surface area (Å²) in [5, 5.41) is 19.9. The van der Waals surface area contributed by atoms with Crippen LogP contribution < -0.4 is 11.1 Å². The van der Waals surface area contributed by atoms with E-state index in [9.17, 15) is 9.59 Å². The van der Waals surface area contributed by atoms with Crippen molar-refractivity contribution in [3.05, 3.63) is 54.6 Å². The average molecular weight is 332 g/mol. The molecular weight excluding hydrogens is 312 g/mol. The van der Waals surface area contributed by atoms with Crippen LogP contribution in [0.3, 0.4) is 0 Å². The van der Waals surface area contributed by atoms with Crippen molar-refractivity contribution in [3.63, 3.8) is 0 Å². The van der Waals surface area contributed by atoms with Crippen LogP contribution in [0.5, 0.6) is 0 Å². The number of carboxylic acid groups (broad SMARTS) is 2. The third-order valence-corrected chi connectivity index (χ3v) is 2.96. The molecule has 0 spiro atoms. The third kappa shape index (κ3) is 7.32. The molecule has 0 radical (unpaired) electrons. The molecule has 2 heterocycles. The summed E-state index contributed by atoms with van der Waals surface area (Å²) in [7, 11) is 0. The lowest BCUT2D eigenvalue weighted by molar-refractivity contribution is -0.139. The second-order valence-electron chi connectivity index (χ2n) is 4.94. The lowest BCUT2D eigenvalue weighted by atomic mass is 10.1. The molecule has 2 aromatic heterocycles. The van der Waals surface area contributed by atoms with Crippen molar-refractivity contribution in [1.29, 1.82) is 0 Å². The van der Waals surface area contributed by atoms with Crippen LogP contribution in [0.2, 0.25) is 0 Å². The molecule has 0 unspecified atom stereocenters. The zero-order valence-corrected chi connectivity index (χ0v) is 13.2. The molecule has 0 fully saturated rings. The van der Waals surface area contributed by atoms with Crippen LogP contribution in [0.1, 0.15) is 12.5 Å². The van der Waals surface area contributed by atoms with Gasteiger partial charge in [-0.25, -0.2) is 0 Å². The SMILES string of the molecule is C[C@@H](Nc1ccncc1)C(=O)O.N[C@H](Cc1ccncc1)C(=O)O. The fraction of sp³-hybridized carbons (Fsp3) is 0.250. The van der Waals surface area contributed by atoms with E-state index in [4.69, 9.17) is 15.9 Å². The molecule has 128 valence electrons. The summed E-state index contributed by atoms with van der Waals surface area (Å²) >= 11 is 0. The first-order valence-electron chi connectivity index (χ1n) is 7.16. The topological polar surface area (TPSA) is 138 Å². The summed E-state index contributed by atoms with van der Waals surface area (Å²) in [4.78, 5) is 28.4. The van der Waals surface area contributed by atoms with Gasteiger partial charge in [0.15, 0.2) is 0 Å². The van der Waals surface area contributed by atoms with Gasteiger partial charge in [-0.15, -0.1) is 0 Å². The van der Waals surface area contributed by atoms with E-state index in [1.807, 2.05) is 0 Å². The second-order valence-corrected chi connectivity index (χ2v) is 4.94. The number of aliphatic carboxylic acids is 2. The number of hydrogen-bond acceptors (Lipinski definition) is 6. The van der Waals surface area contributed by atoms with Crippen molar-refractivity contribution in [2.24, 2.45) is 5.73 Å². The molecule has 0 amide bonds. The average Bonchev–Trinajstić information content (AvgIpc) is 2.57. The highest BCUT2D eigenvalue weighted by atomic mass is 16.4. The number of carbonyl (C=O) groups is 2. The summed E-state index contributed by atoms with van der Waals surface area (Å²) in [6, 6.07) is 5.55. The van der Waals surface area contributed by atoms with Crippen molar-refractivity contribution in [3.8, 4) is 0 Å². The van der Waals surface area contributed by atoms with E-state index in [0.717, 1.165) is 11.3 Å². The largest absolute Gasteiger partial charge is 0.480 e. The van der Waals surface area contributed by atoms with E-state index in [0.29, 0.717) is 6.42 Å². The van der Waals surface area contributed by atoms with E-state index in [1.54, 1.807) is 56.0 Å². The van der Waals surface area contributed by atoms with Gasteiger partial charge in [0.1, 0.15) is 12.1 Å². The second kappa shape index (κ2) is 9.90. The molecule has 24 heavy (non-hydrogen) atoms. The Balaban J connectivity index is 0.000000240. The molecule has 5 N–H and O–H groups in total. The number of carboxylic acids is 2. The Kier molecular flexibility index (Phi) is 7.86. The van der Waals surface area contributed by atoms with E-state index in [-0.39, 0.29) is 0 Å². The van der Waals surface area contributed by atoms with Gasteiger partial charge in [-0.2, -0.15) is 0 Å². The van der Waals surface area contributed by atoms with Crippen molar-refractivity contribution in [1.82, 2.24) is 9.97 Å². The van der Waals surface area contributed by atoms with Crippen LogP contribution in [0.4, 0.5) is 5.69 Å². The minimum atomic E-state index is -0.980. The maximum Gasteiger partial charge on any atom is 0.325 e. The van der Waals surface area contributed by atoms with Gasteiger partial charge >= 0.3 is 11.9 Å². The number of nitrogens with zero attached hydrogens (tertiary/aromatic N) is 2. The molecule has 2 atom stereocenters. The maximum atomic E-state index is 10.4. The fourth-order valence-corrected chi connectivity index (χ4v) is 1.62. The first-order chi connectivity index (χ1) is 11.4. The monoisotopic (exact) mass is 332 g/mol.